The molecule has 5 heteroatoms. The molecular formula is C17H27NO4. The number of hydrogen-bond acceptors (Lipinski definition) is 5. The number of unbranched alkanes of at least 4 members (excludes halogenated alkanes) is 1. The van der Waals surface area contributed by atoms with Crippen molar-refractivity contribution in [3.8, 4) is 11.5 Å². The van der Waals surface area contributed by atoms with E-state index in [1.54, 1.807) is 6.92 Å². The third kappa shape index (κ3) is 5.93. The summed E-state index contributed by atoms with van der Waals surface area (Å²) in [6, 6.07) is 4.99. The van der Waals surface area contributed by atoms with Gasteiger partial charge in [0.15, 0.2) is 11.5 Å². The Hall–Kier alpha value is -1.75. The van der Waals surface area contributed by atoms with Gasteiger partial charge in [-0.05, 0) is 44.4 Å². The van der Waals surface area contributed by atoms with Gasteiger partial charge in [0.05, 0.1) is 19.8 Å². The Morgan fingerprint density at radius 2 is 1.91 bits per heavy atom. The first kappa shape index (κ1) is 18.3. The molecule has 0 saturated carbocycles. The van der Waals surface area contributed by atoms with Crippen LogP contribution in [0.25, 0.3) is 0 Å². The van der Waals surface area contributed by atoms with E-state index in [0.29, 0.717) is 32.0 Å². The third-order valence-corrected chi connectivity index (χ3v) is 3.11. The van der Waals surface area contributed by atoms with Crippen molar-refractivity contribution in [1.82, 2.24) is 0 Å². The molecule has 5 nitrogen and oxygen atoms in total. The van der Waals surface area contributed by atoms with Crippen LogP contribution in [0.1, 0.15) is 39.2 Å². The van der Waals surface area contributed by atoms with Crippen LogP contribution in [0.3, 0.4) is 0 Å². The largest absolute Gasteiger partial charge is 0.490 e. The fourth-order valence-electron chi connectivity index (χ4n) is 1.98. The highest BCUT2D eigenvalue weighted by Gasteiger charge is 2.16. The van der Waals surface area contributed by atoms with Gasteiger partial charge in [-0.15, -0.1) is 0 Å². The highest BCUT2D eigenvalue weighted by atomic mass is 16.5. The van der Waals surface area contributed by atoms with Crippen molar-refractivity contribution in [2.24, 2.45) is 5.73 Å². The van der Waals surface area contributed by atoms with E-state index in [9.17, 15) is 4.79 Å². The van der Waals surface area contributed by atoms with Crippen molar-refractivity contribution in [2.45, 2.75) is 46.1 Å². The predicted molar refractivity (Wildman–Crippen MR) is 86.3 cm³/mol. The van der Waals surface area contributed by atoms with Gasteiger partial charge in [0.1, 0.15) is 6.04 Å². The normalized spacial score (nSPS) is 11.8. The van der Waals surface area contributed by atoms with Crippen molar-refractivity contribution >= 4 is 5.97 Å². The zero-order valence-corrected chi connectivity index (χ0v) is 13.8. The predicted octanol–water partition coefficient (Wildman–Crippen LogP) is 2.70. The molecule has 0 amide bonds. The van der Waals surface area contributed by atoms with E-state index in [4.69, 9.17) is 19.9 Å². The lowest BCUT2D eigenvalue weighted by atomic mass is 10.1. The molecule has 0 spiro atoms. The van der Waals surface area contributed by atoms with Crippen LogP contribution < -0.4 is 15.2 Å². The summed E-state index contributed by atoms with van der Waals surface area (Å²) in [6.07, 6.45) is 2.49. The van der Waals surface area contributed by atoms with Crippen molar-refractivity contribution in [3.63, 3.8) is 0 Å². The number of hydrogen-bond donors (Lipinski definition) is 1. The minimum absolute atomic E-state index is 0.334. The molecule has 0 aliphatic heterocycles. The summed E-state index contributed by atoms with van der Waals surface area (Å²) < 4.78 is 16.3. The first-order valence-electron chi connectivity index (χ1n) is 7.93. The monoisotopic (exact) mass is 309 g/mol. The molecule has 0 saturated heterocycles. The van der Waals surface area contributed by atoms with E-state index in [1.165, 1.54) is 0 Å². The maximum atomic E-state index is 11.6. The number of carbonyl (C=O) groups is 1. The fourth-order valence-corrected chi connectivity index (χ4v) is 1.98. The Morgan fingerprint density at radius 3 is 2.55 bits per heavy atom. The van der Waals surface area contributed by atoms with E-state index in [-0.39, 0.29) is 5.97 Å². The molecular weight excluding hydrogens is 282 g/mol. The first-order valence-corrected chi connectivity index (χ1v) is 7.93. The van der Waals surface area contributed by atoms with Gasteiger partial charge in [0.25, 0.3) is 0 Å². The van der Waals surface area contributed by atoms with Crippen molar-refractivity contribution < 1.29 is 19.0 Å². The second kappa shape index (κ2) is 10.1. The first-order chi connectivity index (χ1) is 10.6. The Bertz CT molecular complexity index is 462. The van der Waals surface area contributed by atoms with Crippen LogP contribution >= 0.6 is 0 Å². The van der Waals surface area contributed by atoms with E-state index >= 15 is 0 Å². The fraction of sp³-hybridized carbons (Fsp3) is 0.588. The van der Waals surface area contributed by atoms with Crippen LogP contribution in [-0.2, 0) is 16.0 Å². The Balaban J connectivity index is 2.76. The van der Waals surface area contributed by atoms with Gasteiger partial charge in [-0.3, -0.25) is 4.79 Å². The van der Waals surface area contributed by atoms with Gasteiger partial charge in [-0.25, -0.2) is 0 Å². The molecule has 0 radical (unpaired) electrons. The van der Waals surface area contributed by atoms with Crippen LogP contribution in [0.2, 0.25) is 0 Å². The molecule has 0 aliphatic rings. The van der Waals surface area contributed by atoms with Gasteiger partial charge < -0.3 is 19.9 Å². The molecule has 22 heavy (non-hydrogen) atoms. The van der Waals surface area contributed by atoms with E-state index < -0.39 is 6.04 Å². The summed E-state index contributed by atoms with van der Waals surface area (Å²) >= 11 is 0. The van der Waals surface area contributed by atoms with Crippen molar-refractivity contribution in [2.75, 3.05) is 19.8 Å². The number of esters is 1. The molecule has 2 N–H and O–H groups in total. The lowest BCUT2D eigenvalue weighted by molar-refractivity contribution is -0.144. The average Bonchev–Trinajstić information content (AvgIpc) is 2.50. The standard InChI is InChI=1S/C17H27NO4/c1-4-7-10-22-15-9-8-13(12-16(15)20-5-2)11-14(18)17(19)21-6-3/h8-9,12,14H,4-7,10-11,18H2,1-3H3. The highest BCUT2D eigenvalue weighted by Crippen LogP contribution is 2.29. The van der Waals surface area contributed by atoms with Crippen LogP contribution in [0.5, 0.6) is 11.5 Å². The molecule has 124 valence electrons. The average molecular weight is 309 g/mol. The van der Waals surface area contributed by atoms with Gasteiger partial charge in [0, 0.05) is 0 Å². The Labute approximate surface area is 132 Å². The SMILES string of the molecule is CCCCOc1ccc(CC(N)C(=O)OCC)cc1OCC. The maximum Gasteiger partial charge on any atom is 0.323 e. The molecule has 1 rings (SSSR count). The molecule has 1 aromatic carbocycles. The maximum absolute atomic E-state index is 11.6. The number of ether oxygens (including phenoxy) is 3. The third-order valence-electron chi connectivity index (χ3n) is 3.11. The number of rotatable bonds is 10. The number of carbonyl (C=O) groups excluding carboxylic acids is 1. The number of benzene rings is 1. The lowest BCUT2D eigenvalue weighted by Crippen LogP contribution is -2.34. The topological polar surface area (TPSA) is 70.8 Å². The molecule has 0 bridgehead atoms. The molecule has 0 heterocycles. The van der Waals surface area contributed by atoms with E-state index in [0.717, 1.165) is 24.2 Å². The smallest absolute Gasteiger partial charge is 0.323 e. The molecule has 0 fully saturated rings. The summed E-state index contributed by atoms with van der Waals surface area (Å²) in [7, 11) is 0. The van der Waals surface area contributed by atoms with Gasteiger partial charge in [-0.2, -0.15) is 0 Å². The summed E-state index contributed by atoms with van der Waals surface area (Å²) in [4.78, 5) is 11.6. The molecule has 0 aromatic heterocycles. The van der Waals surface area contributed by atoms with Gasteiger partial charge in [-0.1, -0.05) is 19.4 Å². The van der Waals surface area contributed by atoms with Gasteiger partial charge in [0.2, 0.25) is 0 Å². The van der Waals surface area contributed by atoms with E-state index in [1.807, 2.05) is 25.1 Å². The van der Waals surface area contributed by atoms with Crippen molar-refractivity contribution in [1.29, 1.82) is 0 Å². The quantitative estimate of drug-likeness (QED) is 0.531. The molecule has 1 unspecified atom stereocenters. The second-order valence-electron chi connectivity index (χ2n) is 4.98. The molecule has 1 aromatic rings. The van der Waals surface area contributed by atoms with Crippen LogP contribution in [-0.4, -0.2) is 31.8 Å². The zero-order valence-electron chi connectivity index (χ0n) is 13.8. The highest BCUT2D eigenvalue weighted by molar-refractivity contribution is 5.75. The Morgan fingerprint density at radius 1 is 1.14 bits per heavy atom. The molecule has 0 aliphatic carbocycles. The minimum atomic E-state index is -0.665. The summed E-state index contributed by atoms with van der Waals surface area (Å²) in [5.41, 5.74) is 6.77. The summed E-state index contributed by atoms with van der Waals surface area (Å²) in [5.74, 6) is 1.03. The van der Waals surface area contributed by atoms with Crippen LogP contribution in [0, 0.1) is 0 Å². The van der Waals surface area contributed by atoms with Gasteiger partial charge >= 0.3 is 5.97 Å². The van der Waals surface area contributed by atoms with Crippen molar-refractivity contribution in [3.05, 3.63) is 23.8 Å². The van der Waals surface area contributed by atoms with Crippen LogP contribution in [0.4, 0.5) is 0 Å². The summed E-state index contributed by atoms with van der Waals surface area (Å²) in [6.45, 7) is 7.36. The number of nitrogens with two attached hydrogens (primary N) is 1. The second-order valence-corrected chi connectivity index (χ2v) is 4.98. The summed E-state index contributed by atoms with van der Waals surface area (Å²) in [5, 5.41) is 0. The lowest BCUT2D eigenvalue weighted by Gasteiger charge is -2.15. The Kier molecular flexibility index (Phi) is 8.36. The minimum Gasteiger partial charge on any atom is -0.490 e. The zero-order chi connectivity index (χ0) is 16.4. The van der Waals surface area contributed by atoms with Crippen LogP contribution in [0.15, 0.2) is 18.2 Å². The van der Waals surface area contributed by atoms with E-state index in [2.05, 4.69) is 6.92 Å². The molecule has 1 atom stereocenters.